The van der Waals surface area contributed by atoms with Gasteiger partial charge in [0.15, 0.2) is 0 Å². The summed E-state index contributed by atoms with van der Waals surface area (Å²) in [6, 6.07) is 19.9. The molecule has 0 radical (unpaired) electrons. The molecule has 0 saturated heterocycles. The number of ether oxygens (including phenoxy) is 1. The minimum Gasteiger partial charge on any atom is -0.481 e. The Morgan fingerprint density at radius 3 is 2.32 bits per heavy atom. The van der Waals surface area contributed by atoms with Crippen LogP contribution in [0.2, 0.25) is 0 Å². The average molecular weight is 523 g/mol. The third-order valence-corrected chi connectivity index (χ3v) is 6.45. The first-order valence-corrected chi connectivity index (χ1v) is 13.1. The maximum absolute atomic E-state index is 13.1. The van der Waals surface area contributed by atoms with E-state index in [-0.39, 0.29) is 23.3 Å². The van der Waals surface area contributed by atoms with Gasteiger partial charge in [0.2, 0.25) is 15.9 Å². The van der Waals surface area contributed by atoms with Crippen LogP contribution < -0.4 is 10.5 Å². The van der Waals surface area contributed by atoms with Crippen molar-refractivity contribution in [2.24, 2.45) is 11.1 Å². The van der Waals surface area contributed by atoms with Gasteiger partial charge < -0.3 is 15.0 Å². The number of sulfonamides is 1. The zero-order valence-corrected chi connectivity index (χ0v) is 21.7. The molecule has 0 spiro atoms. The van der Waals surface area contributed by atoms with Gasteiger partial charge in [0, 0.05) is 29.9 Å². The van der Waals surface area contributed by atoms with Crippen LogP contribution in [0, 0.1) is 11.3 Å². The summed E-state index contributed by atoms with van der Waals surface area (Å²) in [5.41, 5.74) is 2.75. The van der Waals surface area contributed by atoms with Gasteiger partial charge >= 0.3 is 11.8 Å². The molecule has 3 aromatic rings. The van der Waals surface area contributed by atoms with Crippen molar-refractivity contribution in [3.8, 4) is 11.1 Å². The highest BCUT2D eigenvalue weighted by Gasteiger charge is 2.23. The lowest BCUT2D eigenvalue weighted by atomic mass is 10.1. The summed E-state index contributed by atoms with van der Waals surface area (Å²) in [5.74, 6) is -1.35. The van der Waals surface area contributed by atoms with E-state index in [0.29, 0.717) is 28.9 Å². The normalized spacial score (nSPS) is 11.2. The number of benzene rings is 3. The zero-order chi connectivity index (χ0) is 27.2. The predicted molar refractivity (Wildman–Crippen MR) is 142 cm³/mol. The van der Waals surface area contributed by atoms with Crippen LogP contribution in [0.4, 0.5) is 5.69 Å². The van der Waals surface area contributed by atoms with Crippen molar-refractivity contribution in [2.75, 3.05) is 19.0 Å². The molecule has 9 nitrogen and oxygen atoms in total. The van der Waals surface area contributed by atoms with Crippen molar-refractivity contribution in [1.29, 1.82) is 5.41 Å². The number of amides is 2. The Bertz CT molecular complexity index is 1400. The Morgan fingerprint density at radius 2 is 1.70 bits per heavy atom. The molecular weight excluding hydrogens is 492 g/mol. The fourth-order valence-corrected chi connectivity index (χ4v) is 4.58. The summed E-state index contributed by atoms with van der Waals surface area (Å²) < 4.78 is 28.8. The van der Waals surface area contributed by atoms with Crippen molar-refractivity contribution in [1.82, 2.24) is 4.90 Å². The molecule has 0 aliphatic carbocycles. The third-order valence-electron chi connectivity index (χ3n) is 5.48. The Balaban J connectivity index is 1.76. The summed E-state index contributed by atoms with van der Waals surface area (Å²) >= 11 is 0. The van der Waals surface area contributed by atoms with E-state index in [2.05, 4.69) is 5.32 Å². The molecule has 2 amide bonds. The Morgan fingerprint density at radius 1 is 1.03 bits per heavy atom. The Kier molecular flexibility index (Phi) is 8.80. The molecular formula is C27H30N4O5S. The summed E-state index contributed by atoms with van der Waals surface area (Å²) in [7, 11) is -2.50. The van der Waals surface area contributed by atoms with E-state index in [9.17, 15) is 18.0 Å². The summed E-state index contributed by atoms with van der Waals surface area (Å²) in [4.78, 5) is 27.4. The van der Waals surface area contributed by atoms with Gasteiger partial charge in [-0.15, -0.1) is 0 Å². The number of primary sulfonamides is 1. The molecule has 0 aromatic heterocycles. The van der Waals surface area contributed by atoms with E-state index in [0.717, 1.165) is 5.56 Å². The van der Waals surface area contributed by atoms with Crippen LogP contribution in [-0.4, -0.2) is 44.7 Å². The minimum absolute atomic E-state index is 0.00371. The number of hydrogen-bond acceptors (Lipinski definition) is 6. The van der Waals surface area contributed by atoms with E-state index in [4.69, 9.17) is 15.3 Å². The van der Waals surface area contributed by atoms with Crippen molar-refractivity contribution in [3.05, 3.63) is 83.9 Å². The number of carbonyl (C=O) groups excluding carboxylic acids is 2. The topological polar surface area (TPSA) is 143 Å². The molecule has 0 bridgehead atoms. The molecule has 0 heterocycles. The molecule has 0 aliphatic heterocycles. The van der Waals surface area contributed by atoms with Gasteiger partial charge in [0.1, 0.15) is 0 Å². The third kappa shape index (κ3) is 7.25. The van der Waals surface area contributed by atoms with Crippen LogP contribution >= 0.6 is 0 Å². The number of hydrogen-bond donors (Lipinski definition) is 3. The van der Waals surface area contributed by atoms with Crippen molar-refractivity contribution in [3.63, 3.8) is 0 Å². The number of nitrogens with zero attached hydrogens (tertiary/aromatic N) is 1. The number of carbonyl (C=O) groups is 2. The lowest BCUT2D eigenvalue weighted by Gasteiger charge is -2.24. The molecule has 37 heavy (non-hydrogen) atoms. The number of methoxy groups -OCH3 is 1. The molecule has 10 heteroatoms. The molecule has 4 N–H and O–H groups in total. The zero-order valence-electron chi connectivity index (χ0n) is 20.9. The molecule has 0 atom stereocenters. The smallest absolute Gasteiger partial charge is 0.313 e. The van der Waals surface area contributed by atoms with Gasteiger partial charge in [-0.25, -0.2) is 13.6 Å². The van der Waals surface area contributed by atoms with E-state index < -0.39 is 21.8 Å². The monoisotopic (exact) mass is 522 g/mol. The van der Waals surface area contributed by atoms with Gasteiger partial charge in [0.05, 0.1) is 12.0 Å². The average Bonchev–Trinajstić information content (AvgIpc) is 2.87. The summed E-state index contributed by atoms with van der Waals surface area (Å²) in [6.07, 6.45) is 0. The number of rotatable bonds is 8. The van der Waals surface area contributed by atoms with Crippen LogP contribution in [-0.2, 0) is 30.9 Å². The predicted octanol–water partition coefficient (Wildman–Crippen LogP) is 3.60. The van der Waals surface area contributed by atoms with Crippen molar-refractivity contribution >= 4 is 33.4 Å². The fourth-order valence-electron chi connectivity index (χ4n) is 3.82. The van der Waals surface area contributed by atoms with Crippen LogP contribution in [0.25, 0.3) is 11.1 Å². The van der Waals surface area contributed by atoms with Gasteiger partial charge in [-0.2, -0.15) is 0 Å². The molecule has 3 rings (SSSR count). The summed E-state index contributed by atoms with van der Waals surface area (Å²) in [5, 5.41) is 15.8. The highest BCUT2D eigenvalue weighted by Crippen LogP contribution is 2.27. The highest BCUT2D eigenvalue weighted by atomic mass is 32.2. The molecule has 0 fully saturated rings. The first-order chi connectivity index (χ1) is 17.5. The number of anilines is 1. The minimum atomic E-state index is -3.92. The van der Waals surface area contributed by atoms with Gasteiger partial charge in [0.25, 0.3) is 0 Å². The maximum atomic E-state index is 13.1. The van der Waals surface area contributed by atoms with Crippen molar-refractivity contribution in [2.45, 2.75) is 25.3 Å². The lowest BCUT2D eigenvalue weighted by Crippen LogP contribution is -2.41. The molecule has 194 valence electrons. The largest absolute Gasteiger partial charge is 0.481 e. The van der Waals surface area contributed by atoms with E-state index >= 15 is 0 Å². The van der Waals surface area contributed by atoms with Gasteiger partial charge in [-0.05, 0) is 47.4 Å². The highest BCUT2D eigenvalue weighted by molar-refractivity contribution is 7.89. The second-order valence-electron chi connectivity index (χ2n) is 8.89. The molecule has 3 aromatic carbocycles. The summed E-state index contributed by atoms with van der Waals surface area (Å²) in [6.45, 7) is 4.46. The number of nitrogens with two attached hydrogens (primary N) is 1. The molecule has 0 unspecified atom stereocenters. The van der Waals surface area contributed by atoms with Crippen LogP contribution in [0.15, 0.2) is 77.7 Å². The van der Waals surface area contributed by atoms with E-state index in [1.165, 1.54) is 18.1 Å². The maximum Gasteiger partial charge on any atom is 0.313 e. The first kappa shape index (κ1) is 27.6. The second-order valence-corrected chi connectivity index (χ2v) is 10.4. The quantitative estimate of drug-likeness (QED) is 0.235. The first-order valence-electron chi connectivity index (χ1n) is 11.5. The molecule has 0 aliphatic rings. The number of nitrogens with one attached hydrogen (secondary N) is 2. The van der Waals surface area contributed by atoms with Crippen LogP contribution in [0.3, 0.4) is 0 Å². The van der Waals surface area contributed by atoms with Crippen molar-refractivity contribution < 1.29 is 22.7 Å². The van der Waals surface area contributed by atoms with E-state index in [1.807, 2.05) is 19.9 Å². The van der Waals surface area contributed by atoms with Crippen LogP contribution in [0.1, 0.15) is 25.0 Å². The van der Waals surface area contributed by atoms with E-state index in [1.54, 1.807) is 60.7 Å². The standard InChI is InChI=1S/C27H30N4O5S/c1-18(2)16-31(17-19-7-6-8-21(15-19)25(28)36-3)27(33)26(32)30-22-13-11-20(12-14-22)23-9-4-5-10-24(23)37(29,34)35/h4-15,18,28H,16-17H2,1-3H3,(H,30,32)(H2,29,34,35). The van der Waals surface area contributed by atoms with Crippen LogP contribution in [0.5, 0.6) is 0 Å². The SMILES string of the molecule is COC(=N)c1cccc(CN(CC(C)C)C(=O)C(=O)Nc2ccc(-c3ccccc3S(N)(=O)=O)cc2)c1. The Labute approximate surface area is 216 Å². The fraction of sp³-hybridized carbons (Fsp3) is 0.222. The second kappa shape index (κ2) is 11.8. The van der Waals surface area contributed by atoms with Gasteiger partial charge in [-0.3, -0.25) is 15.0 Å². The lowest BCUT2D eigenvalue weighted by molar-refractivity contribution is -0.143. The van der Waals surface area contributed by atoms with Gasteiger partial charge in [-0.1, -0.05) is 56.3 Å². The Hall–Kier alpha value is -4.02. The molecule has 0 saturated carbocycles.